The summed E-state index contributed by atoms with van der Waals surface area (Å²) in [6.07, 6.45) is 2.56. The predicted octanol–water partition coefficient (Wildman–Crippen LogP) is 4.54. The van der Waals surface area contributed by atoms with E-state index in [-0.39, 0.29) is 22.1 Å². The van der Waals surface area contributed by atoms with Gasteiger partial charge < -0.3 is 10.2 Å². The molecule has 1 N–H and O–H groups in total. The fourth-order valence-electron chi connectivity index (χ4n) is 4.66. The maximum absolute atomic E-state index is 12.8. The summed E-state index contributed by atoms with van der Waals surface area (Å²) in [5.41, 5.74) is 3.19. The smallest absolute Gasteiger partial charge is 0.255 e. The number of amides is 2. The average molecular weight is 536 g/mol. The van der Waals surface area contributed by atoms with Gasteiger partial charge in [0.15, 0.2) is 0 Å². The number of sulfonamides is 1. The van der Waals surface area contributed by atoms with Crippen molar-refractivity contribution < 1.29 is 18.0 Å². The summed E-state index contributed by atoms with van der Waals surface area (Å²) in [7, 11) is -3.49. The van der Waals surface area contributed by atoms with Crippen molar-refractivity contribution >= 4 is 39.3 Å². The molecular weight excluding hydrogens is 506 g/mol. The summed E-state index contributed by atoms with van der Waals surface area (Å²) in [6.45, 7) is 1.75. The van der Waals surface area contributed by atoms with E-state index in [4.69, 9.17) is 0 Å². The zero-order chi connectivity index (χ0) is 25.8. The van der Waals surface area contributed by atoms with Gasteiger partial charge in [-0.25, -0.2) is 8.42 Å². The molecule has 0 bridgehead atoms. The van der Waals surface area contributed by atoms with Crippen LogP contribution in [0.5, 0.6) is 0 Å². The standard InChI is InChI=1S/C28H29N3O4S2/c32-26-20-36-28(31(26)19-16-21-6-2-1-3-7-21)23-10-8-22(9-11-23)27(33)29-24-12-14-25(15-13-24)37(34,35)30-17-4-5-18-30/h1-3,6-15,28H,4-5,16-20H2,(H,29,33)/t28-/m1/s1. The summed E-state index contributed by atoms with van der Waals surface area (Å²) in [5, 5.41) is 2.76. The molecule has 3 aromatic rings. The molecule has 2 heterocycles. The second kappa shape index (κ2) is 11.1. The van der Waals surface area contributed by atoms with E-state index in [0.717, 1.165) is 24.8 Å². The lowest BCUT2D eigenvalue weighted by atomic mass is 10.1. The lowest BCUT2D eigenvalue weighted by molar-refractivity contribution is -0.128. The molecule has 2 aliphatic rings. The van der Waals surface area contributed by atoms with Gasteiger partial charge >= 0.3 is 0 Å². The first-order valence-electron chi connectivity index (χ1n) is 12.4. The van der Waals surface area contributed by atoms with Crippen LogP contribution in [0.3, 0.4) is 0 Å². The number of nitrogens with one attached hydrogen (secondary N) is 1. The van der Waals surface area contributed by atoms with Crippen LogP contribution in [0, 0.1) is 0 Å². The molecule has 9 heteroatoms. The Labute approximate surface area is 221 Å². The van der Waals surface area contributed by atoms with E-state index in [1.54, 1.807) is 36.0 Å². The number of carbonyl (C=O) groups is 2. The molecule has 37 heavy (non-hydrogen) atoms. The third-order valence-electron chi connectivity index (χ3n) is 6.73. The maximum Gasteiger partial charge on any atom is 0.255 e. The Hall–Kier alpha value is -3.14. The zero-order valence-corrected chi connectivity index (χ0v) is 22.0. The molecule has 0 spiro atoms. The fraction of sp³-hybridized carbons (Fsp3) is 0.286. The van der Waals surface area contributed by atoms with Crippen molar-refractivity contribution in [3.63, 3.8) is 0 Å². The van der Waals surface area contributed by atoms with Gasteiger partial charge in [-0.05, 0) is 66.8 Å². The number of thioether (sulfide) groups is 1. The molecule has 3 aromatic carbocycles. The molecule has 1 atom stereocenters. The summed E-state index contributed by atoms with van der Waals surface area (Å²) >= 11 is 1.60. The van der Waals surface area contributed by atoms with Crippen LogP contribution in [0.25, 0.3) is 0 Å². The predicted molar refractivity (Wildman–Crippen MR) is 146 cm³/mol. The van der Waals surface area contributed by atoms with Gasteiger partial charge in [0.2, 0.25) is 15.9 Å². The summed E-state index contributed by atoms with van der Waals surface area (Å²) in [5.74, 6) is 0.297. The van der Waals surface area contributed by atoms with Gasteiger partial charge in [0, 0.05) is 30.9 Å². The Kier molecular flexibility index (Phi) is 7.64. The zero-order valence-electron chi connectivity index (χ0n) is 20.4. The molecule has 2 saturated heterocycles. The first-order chi connectivity index (χ1) is 17.9. The van der Waals surface area contributed by atoms with Gasteiger partial charge in [0.1, 0.15) is 5.37 Å². The Morgan fingerprint density at radius 3 is 2.27 bits per heavy atom. The number of anilines is 1. The largest absolute Gasteiger partial charge is 0.326 e. The number of hydrogen-bond donors (Lipinski definition) is 1. The van der Waals surface area contributed by atoms with E-state index in [1.165, 1.54) is 22.0 Å². The minimum Gasteiger partial charge on any atom is -0.326 e. The highest BCUT2D eigenvalue weighted by atomic mass is 32.2. The molecule has 5 rings (SSSR count). The number of rotatable bonds is 8. The molecule has 0 radical (unpaired) electrons. The first kappa shape index (κ1) is 25.5. The van der Waals surface area contributed by atoms with Crippen LogP contribution in [-0.4, -0.2) is 54.8 Å². The summed E-state index contributed by atoms with van der Waals surface area (Å²) in [4.78, 5) is 27.5. The van der Waals surface area contributed by atoms with Crippen molar-refractivity contribution in [2.75, 3.05) is 30.7 Å². The molecule has 0 aromatic heterocycles. The highest BCUT2D eigenvalue weighted by Crippen LogP contribution is 2.38. The Bertz CT molecular complexity index is 1350. The molecule has 0 unspecified atom stereocenters. The van der Waals surface area contributed by atoms with E-state index >= 15 is 0 Å². The topological polar surface area (TPSA) is 86.8 Å². The van der Waals surface area contributed by atoms with E-state index in [9.17, 15) is 18.0 Å². The van der Waals surface area contributed by atoms with Crippen LogP contribution in [-0.2, 0) is 21.2 Å². The minimum absolute atomic E-state index is 0.0709. The molecular formula is C28H29N3O4S2. The number of hydrogen-bond acceptors (Lipinski definition) is 5. The van der Waals surface area contributed by atoms with Gasteiger partial charge in [-0.2, -0.15) is 4.31 Å². The monoisotopic (exact) mass is 535 g/mol. The highest BCUT2D eigenvalue weighted by Gasteiger charge is 2.32. The van der Waals surface area contributed by atoms with Crippen molar-refractivity contribution in [3.8, 4) is 0 Å². The van der Waals surface area contributed by atoms with Crippen LogP contribution in [0.1, 0.15) is 39.7 Å². The number of carbonyl (C=O) groups excluding carboxylic acids is 2. The van der Waals surface area contributed by atoms with Gasteiger partial charge in [-0.3, -0.25) is 9.59 Å². The van der Waals surface area contributed by atoms with Crippen LogP contribution in [0.15, 0.2) is 83.8 Å². The highest BCUT2D eigenvalue weighted by molar-refractivity contribution is 8.00. The Morgan fingerprint density at radius 1 is 0.919 bits per heavy atom. The second-order valence-electron chi connectivity index (χ2n) is 9.20. The van der Waals surface area contributed by atoms with Crippen molar-refractivity contribution in [2.45, 2.75) is 29.5 Å². The Balaban J connectivity index is 1.21. The first-order valence-corrected chi connectivity index (χ1v) is 14.9. The van der Waals surface area contributed by atoms with Gasteiger partial charge in [-0.1, -0.05) is 42.5 Å². The van der Waals surface area contributed by atoms with Gasteiger partial charge in [0.25, 0.3) is 5.91 Å². The van der Waals surface area contributed by atoms with E-state index in [1.807, 2.05) is 35.2 Å². The number of nitrogens with zero attached hydrogens (tertiary/aromatic N) is 2. The average Bonchev–Trinajstić information content (AvgIpc) is 3.59. The molecule has 0 aliphatic carbocycles. The molecule has 2 fully saturated rings. The summed E-state index contributed by atoms with van der Waals surface area (Å²) < 4.78 is 26.9. The fourth-order valence-corrected chi connectivity index (χ4v) is 7.39. The lowest BCUT2D eigenvalue weighted by Crippen LogP contribution is -2.30. The van der Waals surface area contributed by atoms with Gasteiger partial charge in [-0.15, -0.1) is 11.8 Å². The van der Waals surface area contributed by atoms with Crippen LogP contribution >= 0.6 is 11.8 Å². The SMILES string of the molecule is O=C(Nc1ccc(S(=O)(=O)N2CCCC2)cc1)c1ccc([C@H]2SCC(=O)N2CCc2ccccc2)cc1. The van der Waals surface area contributed by atoms with Crippen molar-refractivity contribution in [1.29, 1.82) is 0 Å². The van der Waals surface area contributed by atoms with Crippen LogP contribution in [0.4, 0.5) is 5.69 Å². The van der Waals surface area contributed by atoms with E-state index < -0.39 is 10.0 Å². The maximum atomic E-state index is 12.8. The quantitative estimate of drug-likeness (QED) is 0.458. The van der Waals surface area contributed by atoms with Crippen molar-refractivity contribution in [2.24, 2.45) is 0 Å². The normalized spacial score (nSPS) is 18.3. The minimum atomic E-state index is -3.49. The van der Waals surface area contributed by atoms with Crippen LogP contribution < -0.4 is 5.32 Å². The Morgan fingerprint density at radius 2 is 1.59 bits per heavy atom. The molecule has 2 amide bonds. The van der Waals surface area contributed by atoms with Crippen LogP contribution in [0.2, 0.25) is 0 Å². The number of benzene rings is 3. The molecule has 0 saturated carbocycles. The summed E-state index contributed by atoms with van der Waals surface area (Å²) in [6, 6.07) is 23.7. The van der Waals surface area contributed by atoms with E-state index in [0.29, 0.717) is 36.6 Å². The third-order valence-corrected chi connectivity index (χ3v) is 9.89. The van der Waals surface area contributed by atoms with Crippen molar-refractivity contribution in [3.05, 3.63) is 95.6 Å². The molecule has 7 nitrogen and oxygen atoms in total. The molecule has 192 valence electrons. The van der Waals surface area contributed by atoms with Crippen molar-refractivity contribution in [1.82, 2.24) is 9.21 Å². The second-order valence-corrected chi connectivity index (χ2v) is 12.2. The lowest BCUT2D eigenvalue weighted by Gasteiger charge is -2.24. The molecule has 2 aliphatic heterocycles. The van der Waals surface area contributed by atoms with E-state index in [2.05, 4.69) is 17.4 Å². The third kappa shape index (κ3) is 5.74. The van der Waals surface area contributed by atoms with Gasteiger partial charge in [0.05, 0.1) is 10.6 Å².